The molecule has 0 radical (unpaired) electrons. The SMILES string of the molecule is CC(C)=C(F)C(C)(C)C(F)(F)F. The highest BCUT2D eigenvalue weighted by Gasteiger charge is 2.50. The van der Waals surface area contributed by atoms with E-state index in [-0.39, 0.29) is 5.57 Å². The van der Waals surface area contributed by atoms with Crippen molar-refractivity contribution in [2.24, 2.45) is 5.41 Å². The highest BCUT2D eigenvalue weighted by molar-refractivity contribution is 5.12. The number of hydrogen-bond donors (Lipinski definition) is 0. The molecule has 0 aromatic heterocycles. The maximum absolute atomic E-state index is 13.0. The van der Waals surface area contributed by atoms with Crippen molar-refractivity contribution < 1.29 is 17.6 Å². The molecule has 12 heavy (non-hydrogen) atoms. The molecule has 0 aliphatic heterocycles. The average Bonchev–Trinajstić information content (AvgIpc) is 1.83. The molecular weight excluding hydrogens is 172 g/mol. The van der Waals surface area contributed by atoms with Gasteiger partial charge in [0.1, 0.15) is 11.2 Å². The van der Waals surface area contributed by atoms with Crippen LogP contribution in [0.3, 0.4) is 0 Å². The van der Waals surface area contributed by atoms with Crippen molar-refractivity contribution >= 4 is 0 Å². The highest BCUT2D eigenvalue weighted by Crippen LogP contribution is 2.44. The van der Waals surface area contributed by atoms with E-state index in [9.17, 15) is 17.6 Å². The van der Waals surface area contributed by atoms with Gasteiger partial charge in [0.15, 0.2) is 0 Å². The van der Waals surface area contributed by atoms with Crippen molar-refractivity contribution in [2.75, 3.05) is 0 Å². The summed E-state index contributed by atoms with van der Waals surface area (Å²) in [7, 11) is 0. The van der Waals surface area contributed by atoms with Gasteiger partial charge in [0.2, 0.25) is 0 Å². The van der Waals surface area contributed by atoms with Gasteiger partial charge in [0, 0.05) is 0 Å². The fourth-order valence-corrected chi connectivity index (χ4v) is 0.749. The second-order valence-electron chi connectivity index (χ2n) is 3.44. The first kappa shape index (κ1) is 11.5. The topological polar surface area (TPSA) is 0 Å². The van der Waals surface area contributed by atoms with Crippen molar-refractivity contribution in [1.82, 2.24) is 0 Å². The third-order valence-electron chi connectivity index (χ3n) is 1.70. The number of hydrogen-bond acceptors (Lipinski definition) is 0. The molecule has 0 bridgehead atoms. The van der Waals surface area contributed by atoms with E-state index in [1.165, 1.54) is 13.8 Å². The Morgan fingerprint density at radius 2 is 1.33 bits per heavy atom. The van der Waals surface area contributed by atoms with Crippen LogP contribution in [-0.2, 0) is 0 Å². The van der Waals surface area contributed by atoms with Gasteiger partial charge in [-0.25, -0.2) is 4.39 Å². The van der Waals surface area contributed by atoms with Crippen LogP contribution in [-0.4, -0.2) is 6.18 Å². The molecule has 0 fully saturated rings. The van der Waals surface area contributed by atoms with Crippen molar-refractivity contribution in [2.45, 2.75) is 33.9 Å². The Morgan fingerprint density at radius 3 is 1.42 bits per heavy atom. The van der Waals surface area contributed by atoms with Gasteiger partial charge >= 0.3 is 6.18 Å². The Morgan fingerprint density at radius 1 is 1.00 bits per heavy atom. The Labute approximate surface area is 69.3 Å². The molecule has 0 aliphatic carbocycles. The minimum Gasteiger partial charge on any atom is -0.211 e. The monoisotopic (exact) mass is 184 g/mol. The second kappa shape index (κ2) is 3.07. The molecule has 0 aromatic rings. The summed E-state index contributed by atoms with van der Waals surface area (Å²) in [6.07, 6.45) is -4.53. The number of rotatable bonds is 1. The summed E-state index contributed by atoms with van der Waals surface area (Å²) < 4.78 is 49.5. The standard InChI is InChI=1S/C8H12F4/c1-5(2)6(9)7(3,4)8(10,11)12/h1-4H3. The van der Waals surface area contributed by atoms with E-state index in [1.54, 1.807) is 0 Å². The lowest BCUT2D eigenvalue weighted by molar-refractivity contribution is -0.203. The van der Waals surface area contributed by atoms with Gasteiger partial charge in [0.05, 0.1) is 0 Å². The van der Waals surface area contributed by atoms with Crippen LogP contribution >= 0.6 is 0 Å². The van der Waals surface area contributed by atoms with E-state index in [2.05, 4.69) is 0 Å². The molecule has 0 amide bonds. The first-order valence-electron chi connectivity index (χ1n) is 3.51. The zero-order chi connectivity index (χ0) is 10.2. The van der Waals surface area contributed by atoms with Gasteiger partial charge in [-0.05, 0) is 33.3 Å². The minimum atomic E-state index is -4.53. The molecular formula is C8H12F4. The van der Waals surface area contributed by atoms with E-state index < -0.39 is 17.4 Å². The van der Waals surface area contributed by atoms with Crippen LogP contribution in [0.5, 0.6) is 0 Å². The number of allylic oxidation sites excluding steroid dienone is 2. The van der Waals surface area contributed by atoms with Crippen LogP contribution in [0.2, 0.25) is 0 Å². The molecule has 0 rings (SSSR count). The van der Waals surface area contributed by atoms with Crippen molar-refractivity contribution in [3.8, 4) is 0 Å². The van der Waals surface area contributed by atoms with Gasteiger partial charge in [-0.2, -0.15) is 13.2 Å². The molecule has 0 unspecified atom stereocenters. The highest BCUT2D eigenvalue weighted by atomic mass is 19.4. The summed E-state index contributed by atoms with van der Waals surface area (Å²) in [5.74, 6) is -1.10. The van der Waals surface area contributed by atoms with Crippen LogP contribution < -0.4 is 0 Å². The Balaban J connectivity index is 5.01. The summed E-state index contributed by atoms with van der Waals surface area (Å²) in [6.45, 7) is 4.30. The van der Waals surface area contributed by atoms with Crippen LogP contribution in [0.1, 0.15) is 27.7 Å². The lowest BCUT2D eigenvalue weighted by atomic mass is 9.89. The molecule has 0 aromatic carbocycles. The van der Waals surface area contributed by atoms with Crippen LogP contribution in [0, 0.1) is 5.41 Å². The predicted molar refractivity (Wildman–Crippen MR) is 39.3 cm³/mol. The maximum atomic E-state index is 13.0. The van der Waals surface area contributed by atoms with Crippen LogP contribution in [0.15, 0.2) is 11.4 Å². The van der Waals surface area contributed by atoms with E-state index in [4.69, 9.17) is 0 Å². The van der Waals surface area contributed by atoms with Gasteiger partial charge in [0.25, 0.3) is 0 Å². The van der Waals surface area contributed by atoms with E-state index in [0.29, 0.717) is 0 Å². The molecule has 72 valence electrons. The number of halogens is 4. The average molecular weight is 184 g/mol. The van der Waals surface area contributed by atoms with Crippen LogP contribution in [0.4, 0.5) is 17.6 Å². The smallest absolute Gasteiger partial charge is 0.211 e. The van der Waals surface area contributed by atoms with Crippen LogP contribution in [0.25, 0.3) is 0 Å². The molecule has 0 nitrogen and oxygen atoms in total. The molecule has 0 atom stereocenters. The molecule has 0 heterocycles. The fourth-order valence-electron chi connectivity index (χ4n) is 0.749. The Bertz CT molecular complexity index is 194. The van der Waals surface area contributed by atoms with Crippen molar-refractivity contribution in [1.29, 1.82) is 0 Å². The van der Waals surface area contributed by atoms with E-state index in [0.717, 1.165) is 13.8 Å². The first-order valence-corrected chi connectivity index (χ1v) is 3.51. The summed E-state index contributed by atoms with van der Waals surface area (Å²) in [5, 5.41) is 0. The van der Waals surface area contributed by atoms with Crippen molar-refractivity contribution in [3.05, 3.63) is 11.4 Å². The third-order valence-corrected chi connectivity index (χ3v) is 1.70. The molecule has 4 heteroatoms. The zero-order valence-corrected chi connectivity index (χ0v) is 7.51. The summed E-state index contributed by atoms with van der Waals surface area (Å²) in [4.78, 5) is 0. The lowest BCUT2D eigenvalue weighted by Gasteiger charge is -2.26. The summed E-state index contributed by atoms with van der Waals surface area (Å²) >= 11 is 0. The summed E-state index contributed by atoms with van der Waals surface area (Å²) in [5.41, 5.74) is -2.30. The summed E-state index contributed by atoms with van der Waals surface area (Å²) in [6, 6.07) is 0. The zero-order valence-electron chi connectivity index (χ0n) is 7.51. The van der Waals surface area contributed by atoms with Gasteiger partial charge < -0.3 is 0 Å². The second-order valence-corrected chi connectivity index (χ2v) is 3.44. The maximum Gasteiger partial charge on any atom is 0.400 e. The van der Waals surface area contributed by atoms with Crippen molar-refractivity contribution in [3.63, 3.8) is 0 Å². The predicted octanol–water partition coefficient (Wildman–Crippen LogP) is 3.84. The molecule has 0 N–H and O–H groups in total. The number of alkyl halides is 3. The molecule has 0 spiro atoms. The minimum absolute atomic E-state index is 0.0670. The molecule has 0 saturated carbocycles. The fraction of sp³-hybridized carbons (Fsp3) is 0.750. The van der Waals surface area contributed by atoms with Gasteiger partial charge in [-0.1, -0.05) is 0 Å². The molecule has 0 saturated heterocycles. The van der Waals surface area contributed by atoms with Gasteiger partial charge in [-0.15, -0.1) is 0 Å². The Hall–Kier alpha value is -0.540. The van der Waals surface area contributed by atoms with E-state index >= 15 is 0 Å². The lowest BCUT2D eigenvalue weighted by Crippen LogP contribution is -2.33. The first-order chi connectivity index (χ1) is 5.10. The molecule has 0 aliphatic rings. The van der Waals surface area contributed by atoms with E-state index in [1.807, 2.05) is 0 Å². The van der Waals surface area contributed by atoms with Gasteiger partial charge in [-0.3, -0.25) is 0 Å². The largest absolute Gasteiger partial charge is 0.400 e. The quantitative estimate of drug-likeness (QED) is 0.543. The Kier molecular flexibility index (Phi) is 2.93. The normalized spacial score (nSPS) is 13.0. The third kappa shape index (κ3) is 1.99.